The van der Waals surface area contributed by atoms with E-state index in [1.165, 1.54) is 11.8 Å². The molecule has 0 saturated carbocycles. The number of nitrogens with zero attached hydrogens (tertiary/aromatic N) is 3. The molecule has 6 nitrogen and oxygen atoms in total. The second-order valence-electron chi connectivity index (χ2n) is 6.18. The van der Waals surface area contributed by atoms with Crippen LogP contribution in [0.2, 0.25) is 0 Å². The van der Waals surface area contributed by atoms with Gasteiger partial charge in [0.15, 0.2) is 17.1 Å². The zero-order valence-corrected chi connectivity index (χ0v) is 16.4. The Hall–Kier alpha value is -2.80. The fourth-order valence-corrected chi connectivity index (χ4v) is 3.33. The zero-order valence-electron chi connectivity index (χ0n) is 15.5. The standard InChI is InChI=1S/C20H22N4O2S/c1-14-8-7-9-16(12-14)21-18(25)13-27-20-23-22-19(24(20)3)15(2)26-17-10-5-4-6-11-17/h4-12,15H,13H2,1-3H3,(H,21,25). The molecular weight excluding hydrogens is 360 g/mol. The quantitative estimate of drug-likeness (QED) is 0.626. The van der Waals surface area contributed by atoms with Gasteiger partial charge in [0, 0.05) is 12.7 Å². The van der Waals surface area contributed by atoms with Gasteiger partial charge < -0.3 is 14.6 Å². The van der Waals surface area contributed by atoms with Crippen molar-refractivity contribution in [3.05, 3.63) is 66.0 Å². The summed E-state index contributed by atoms with van der Waals surface area (Å²) in [5.41, 5.74) is 1.90. The second kappa shape index (κ2) is 8.73. The molecule has 1 heterocycles. The molecule has 0 aliphatic rings. The van der Waals surface area contributed by atoms with Gasteiger partial charge in [-0.1, -0.05) is 42.1 Å². The van der Waals surface area contributed by atoms with Crippen LogP contribution in [0, 0.1) is 6.92 Å². The van der Waals surface area contributed by atoms with Gasteiger partial charge in [0.1, 0.15) is 5.75 Å². The smallest absolute Gasteiger partial charge is 0.234 e. The number of aryl methyl sites for hydroxylation is 1. The predicted molar refractivity (Wildman–Crippen MR) is 107 cm³/mol. The van der Waals surface area contributed by atoms with Crippen LogP contribution in [0.1, 0.15) is 24.4 Å². The third-order valence-electron chi connectivity index (χ3n) is 3.92. The van der Waals surface area contributed by atoms with Crippen molar-refractivity contribution in [2.24, 2.45) is 7.05 Å². The lowest BCUT2D eigenvalue weighted by molar-refractivity contribution is -0.113. The van der Waals surface area contributed by atoms with E-state index in [1.54, 1.807) is 0 Å². The number of thioether (sulfide) groups is 1. The first-order valence-corrected chi connectivity index (χ1v) is 9.62. The highest BCUT2D eigenvalue weighted by Gasteiger charge is 2.18. The molecule has 7 heteroatoms. The van der Waals surface area contributed by atoms with Crippen LogP contribution in [0.3, 0.4) is 0 Å². The lowest BCUT2D eigenvalue weighted by Gasteiger charge is -2.14. The number of ether oxygens (including phenoxy) is 1. The highest BCUT2D eigenvalue weighted by molar-refractivity contribution is 7.99. The normalized spacial score (nSPS) is 11.8. The van der Waals surface area contributed by atoms with Crippen LogP contribution < -0.4 is 10.1 Å². The van der Waals surface area contributed by atoms with E-state index in [0.717, 1.165) is 17.0 Å². The molecule has 0 aliphatic carbocycles. The Bertz CT molecular complexity index is 911. The number of anilines is 1. The molecule has 1 N–H and O–H groups in total. The minimum absolute atomic E-state index is 0.0799. The van der Waals surface area contributed by atoms with Gasteiger partial charge in [0.25, 0.3) is 0 Å². The third kappa shape index (κ3) is 5.10. The first-order chi connectivity index (χ1) is 13.0. The summed E-state index contributed by atoms with van der Waals surface area (Å²) in [4.78, 5) is 12.2. The molecule has 0 bridgehead atoms. The summed E-state index contributed by atoms with van der Waals surface area (Å²) in [6.07, 6.45) is -0.250. The van der Waals surface area contributed by atoms with Gasteiger partial charge in [-0.2, -0.15) is 0 Å². The van der Waals surface area contributed by atoms with Crippen molar-refractivity contribution in [2.45, 2.75) is 25.1 Å². The fraction of sp³-hybridized carbons (Fsp3) is 0.250. The van der Waals surface area contributed by atoms with E-state index in [1.807, 2.05) is 80.1 Å². The number of nitrogens with one attached hydrogen (secondary N) is 1. The number of benzene rings is 2. The van der Waals surface area contributed by atoms with E-state index in [4.69, 9.17) is 4.74 Å². The number of hydrogen-bond acceptors (Lipinski definition) is 5. The molecule has 1 unspecified atom stereocenters. The summed E-state index contributed by atoms with van der Waals surface area (Å²) in [5, 5.41) is 12.0. The van der Waals surface area contributed by atoms with Crippen LogP contribution in [-0.4, -0.2) is 26.4 Å². The van der Waals surface area contributed by atoms with Crippen LogP contribution in [0.25, 0.3) is 0 Å². The van der Waals surface area contributed by atoms with Gasteiger partial charge in [0.2, 0.25) is 5.91 Å². The van der Waals surface area contributed by atoms with Crippen molar-refractivity contribution in [3.63, 3.8) is 0 Å². The second-order valence-corrected chi connectivity index (χ2v) is 7.12. The van der Waals surface area contributed by atoms with Gasteiger partial charge in [0.05, 0.1) is 5.75 Å². The number of amides is 1. The maximum absolute atomic E-state index is 12.2. The number of para-hydroxylation sites is 1. The molecule has 1 amide bonds. The van der Waals surface area contributed by atoms with Gasteiger partial charge >= 0.3 is 0 Å². The van der Waals surface area contributed by atoms with E-state index in [0.29, 0.717) is 11.0 Å². The first-order valence-electron chi connectivity index (χ1n) is 8.63. The van der Waals surface area contributed by atoms with E-state index < -0.39 is 0 Å². The molecule has 0 fully saturated rings. The Morgan fingerprint density at radius 3 is 2.70 bits per heavy atom. The monoisotopic (exact) mass is 382 g/mol. The van der Waals surface area contributed by atoms with Crippen molar-refractivity contribution in [3.8, 4) is 5.75 Å². The van der Waals surface area contributed by atoms with E-state index in [9.17, 15) is 4.79 Å². The van der Waals surface area contributed by atoms with Crippen molar-refractivity contribution in [1.82, 2.24) is 14.8 Å². The number of hydrogen-bond donors (Lipinski definition) is 1. The highest BCUT2D eigenvalue weighted by atomic mass is 32.2. The predicted octanol–water partition coefficient (Wildman–Crippen LogP) is 3.99. The molecule has 0 spiro atoms. The van der Waals surface area contributed by atoms with Crippen LogP contribution in [0.4, 0.5) is 5.69 Å². The summed E-state index contributed by atoms with van der Waals surface area (Å²) in [6.45, 7) is 3.92. The van der Waals surface area contributed by atoms with Crippen molar-refractivity contribution in [2.75, 3.05) is 11.1 Å². The average molecular weight is 382 g/mol. The van der Waals surface area contributed by atoms with Crippen LogP contribution in [0.5, 0.6) is 5.75 Å². The minimum Gasteiger partial charge on any atom is -0.483 e. The third-order valence-corrected chi connectivity index (χ3v) is 4.94. The molecule has 0 radical (unpaired) electrons. The molecule has 0 saturated heterocycles. The molecular formula is C20H22N4O2S. The highest BCUT2D eigenvalue weighted by Crippen LogP contribution is 2.23. The molecule has 3 aromatic rings. The lowest BCUT2D eigenvalue weighted by atomic mass is 10.2. The fourth-order valence-electron chi connectivity index (χ4n) is 2.61. The van der Waals surface area contributed by atoms with Gasteiger partial charge in [-0.15, -0.1) is 10.2 Å². The summed E-state index contributed by atoms with van der Waals surface area (Å²) in [7, 11) is 1.88. The SMILES string of the molecule is Cc1cccc(NC(=O)CSc2nnc(C(C)Oc3ccccc3)n2C)c1. The van der Waals surface area contributed by atoms with E-state index >= 15 is 0 Å². The van der Waals surface area contributed by atoms with Crippen molar-refractivity contribution >= 4 is 23.4 Å². The number of carbonyl (C=O) groups is 1. The molecule has 3 rings (SSSR count). The van der Waals surface area contributed by atoms with Crippen LogP contribution in [-0.2, 0) is 11.8 Å². The Kier molecular flexibility index (Phi) is 6.13. The van der Waals surface area contributed by atoms with Crippen molar-refractivity contribution < 1.29 is 9.53 Å². The Morgan fingerprint density at radius 1 is 1.19 bits per heavy atom. The lowest BCUT2D eigenvalue weighted by Crippen LogP contribution is -2.15. The molecule has 27 heavy (non-hydrogen) atoms. The molecule has 2 aromatic carbocycles. The molecule has 0 aliphatic heterocycles. The molecule has 140 valence electrons. The van der Waals surface area contributed by atoms with Gasteiger partial charge in [-0.05, 0) is 43.7 Å². The minimum atomic E-state index is -0.250. The van der Waals surface area contributed by atoms with Gasteiger partial charge in [-0.25, -0.2) is 0 Å². The zero-order chi connectivity index (χ0) is 19.2. The van der Waals surface area contributed by atoms with Crippen LogP contribution in [0.15, 0.2) is 59.8 Å². The van der Waals surface area contributed by atoms with E-state index in [2.05, 4.69) is 15.5 Å². The summed E-state index contributed by atoms with van der Waals surface area (Å²) >= 11 is 1.34. The van der Waals surface area contributed by atoms with Gasteiger partial charge in [-0.3, -0.25) is 4.79 Å². The Morgan fingerprint density at radius 2 is 1.96 bits per heavy atom. The average Bonchev–Trinajstić information content (AvgIpc) is 3.01. The molecule has 1 aromatic heterocycles. The topological polar surface area (TPSA) is 69.0 Å². The summed E-state index contributed by atoms with van der Waals surface area (Å²) in [5.74, 6) is 1.66. The van der Waals surface area contributed by atoms with Crippen LogP contribution >= 0.6 is 11.8 Å². The Labute approximate surface area is 163 Å². The maximum atomic E-state index is 12.2. The van der Waals surface area contributed by atoms with Crippen molar-refractivity contribution in [1.29, 1.82) is 0 Å². The summed E-state index contributed by atoms with van der Waals surface area (Å²) in [6, 6.07) is 17.3. The van der Waals surface area contributed by atoms with E-state index in [-0.39, 0.29) is 17.8 Å². The number of aromatic nitrogens is 3. The number of carbonyl (C=O) groups excluding carboxylic acids is 1. The Balaban J connectivity index is 1.57. The number of rotatable bonds is 7. The maximum Gasteiger partial charge on any atom is 0.234 e. The first kappa shape index (κ1) is 19.0. The summed E-state index contributed by atoms with van der Waals surface area (Å²) < 4.78 is 7.76. The largest absolute Gasteiger partial charge is 0.483 e. The molecule has 1 atom stereocenters.